The van der Waals surface area contributed by atoms with Gasteiger partial charge in [-0.15, -0.1) is 11.3 Å². The molecule has 0 aliphatic carbocycles. The predicted octanol–water partition coefficient (Wildman–Crippen LogP) is 1.60. The first-order valence-corrected chi connectivity index (χ1v) is 8.28. The second-order valence-corrected chi connectivity index (χ2v) is 6.70. The summed E-state index contributed by atoms with van der Waals surface area (Å²) in [5.41, 5.74) is 0.516. The fraction of sp³-hybridized carbons (Fsp3) is 0.467. The number of hydrogen-bond acceptors (Lipinski definition) is 7. The number of anilines is 1. The Morgan fingerprint density at radius 2 is 2.22 bits per heavy atom. The second kappa shape index (κ2) is 6.49. The van der Waals surface area contributed by atoms with Crippen LogP contribution >= 0.6 is 11.3 Å². The van der Waals surface area contributed by atoms with Gasteiger partial charge in [0.15, 0.2) is 5.82 Å². The van der Waals surface area contributed by atoms with Crippen LogP contribution in [0.1, 0.15) is 21.9 Å². The number of amides is 1. The molecule has 23 heavy (non-hydrogen) atoms. The van der Waals surface area contributed by atoms with Crippen LogP contribution < -0.4 is 9.64 Å². The number of aryl methyl sites for hydroxylation is 1. The van der Waals surface area contributed by atoms with Crippen molar-refractivity contribution < 1.29 is 9.53 Å². The molecule has 8 heteroatoms. The number of carbonyl (C=O) groups excluding carboxylic acids is 1. The Bertz CT molecular complexity index is 703. The van der Waals surface area contributed by atoms with Crippen molar-refractivity contribution in [2.75, 3.05) is 32.1 Å². The third-order valence-electron chi connectivity index (χ3n) is 3.62. The monoisotopic (exact) mass is 333 g/mol. The number of rotatable bonds is 4. The molecule has 3 rings (SSSR count). The fourth-order valence-electron chi connectivity index (χ4n) is 2.41. The van der Waals surface area contributed by atoms with Crippen LogP contribution in [0.5, 0.6) is 5.88 Å². The van der Waals surface area contributed by atoms with E-state index in [0.29, 0.717) is 24.7 Å². The lowest BCUT2D eigenvalue weighted by atomic mass is 10.3. The van der Waals surface area contributed by atoms with Crippen molar-refractivity contribution in [3.8, 4) is 5.88 Å². The Balaban J connectivity index is 1.62. The van der Waals surface area contributed by atoms with Gasteiger partial charge in [0.2, 0.25) is 5.88 Å². The van der Waals surface area contributed by atoms with Crippen LogP contribution in [-0.2, 0) is 0 Å². The molecule has 0 saturated carbocycles. The molecule has 1 fully saturated rings. The maximum Gasteiger partial charge on any atom is 0.273 e. The SMILES string of the molecule is Cc1nc(C(=O)N2CC[C@H](Oc3cncc(N(C)C)n3)C2)cs1. The molecule has 0 unspecified atom stereocenters. The summed E-state index contributed by atoms with van der Waals surface area (Å²) in [5.74, 6) is 1.19. The van der Waals surface area contributed by atoms with Gasteiger partial charge in [-0.1, -0.05) is 0 Å². The Hall–Kier alpha value is -2.22. The molecule has 1 atom stereocenters. The summed E-state index contributed by atoms with van der Waals surface area (Å²) in [6.07, 6.45) is 4.00. The van der Waals surface area contributed by atoms with E-state index in [2.05, 4.69) is 15.0 Å². The van der Waals surface area contributed by atoms with Gasteiger partial charge in [-0.25, -0.2) is 4.98 Å². The van der Waals surface area contributed by atoms with Crippen LogP contribution in [0.25, 0.3) is 0 Å². The first kappa shape index (κ1) is 15.7. The van der Waals surface area contributed by atoms with Gasteiger partial charge in [0.1, 0.15) is 11.8 Å². The van der Waals surface area contributed by atoms with E-state index in [-0.39, 0.29) is 12.0 Å². The van der Waals surface area contributed by atoms with E-state index < -0.39 is 0 Å². The van der Waals surface area contributed by atoms with Crippen molar-refractivity contribution in [3.63, 3.8) is 0 Å². The fourth-order valence-corrected chi connectivity index (χ4v) is 3.00. The lowest BCUT2D eigenvalue weighted by Crippen LogP contribution is -2.31. The Morgan fingerprint density at radius 3 is 2.91 bits per heavy atom. The van der Waals surface area contributed by atoms with E-state index >= 15 is 0 Å². The summed E-state index contributed by atoms with van der Waals surface area (Å²) in [4.78, 5) is 28.8. The second-order valence-electron chi connectivity index (χ2n) is 5.64. The summed E-state index contributed by atoms with van der Waals surface area (Å²) in [6, 6.07) is 0. The number of hydrogen-bond donors (Lipinski definition) is 0. The number of aromatic nitrogens is 3. The van der Waals surface area contributed by atoms with Gasteiger partial charge in [-0.2, -0.15) is 4.98 Å². The molecule has 3 heterocycles. The molecular weight excluding hydrogens is 314 g/mol. The molecule has 2 aromatic heterocycles. The minimum atomic E-state index is -0.0644. The van der Waals surface area contributed by atoms with E-state index in [1.807, 2.05) is 25.9 Å². The van der Waals surface area contributed by atoms with Gasteiger partial charge in [0.25, 0.3) is 5.91 Å². The van der Waals surface area contributed by atoms with Crippen molar-refractivity contribution in [2.24, 2.45) is 0 Å². The lowest BCUT2D eigenvalue weighted by molar-refractivity contribution is 0.0766. The van der Waals surface area contributed by atoms with Crippen LogP contribution in [0.3, 0.4) is 0 Å². The topological polar surface area (TPSA) is 71.5 Å². The Morgan fingerprint density at radius 1 is 1.39 bits per heavy atom. The first-order valence-electron chi connectivity index (χ1n) is 7.40. The molecule has 2 aromatic rings. The molecule has 1 aliphatic rings. The third kappa shape index (κ3) is 3.58. The normalized spacial score (nSPS) is 17.3. The predicted molar refractivity (Wildman–Crippen MR) is 88.1 cm³/mol. The summed E-state index contributed by atoms with van der Waals surface area (Å²) in [6.45, 7) is 3.11. The number of nitrogens with zero attached hydrogens (tertiary/aromatic N) is 5. The highest BCUT2D eigenvalue weighted by Gasteiger charge is 2.29. The van der Waals surface area contributed by atoms with Crippen LogP contribution in [0.15, 0.2) is 17.8 Å². The summed E-state index contributed by atoms with van der Waals surface area (Å²) >= 11 is 1.49. The van der Waals surface area contributed by atoms with Crippen molar-refractivity contribution in [2.45, 2.75) is 19.4 Å². The molecule has 0 radical (unpaired) electrons. The zero-order valence-corrected chi connectivity index (χ0v) is 14.2. The van der Waals surface area contributed by atoms with E-state index in [0.717, 1.165) is 17.2 Å². The van der Waals surface area contributed by atoms with E-state index in [9.17, 15) is 4.79 Å². The number of likely N-dealkylation sites (tertiary alicyclic amines) is 1. The molecule has 0 N–H and O–H groups in total. The zero-order chi connectivity index (χ0) is 16.4. The summed E-state index contributed by atoms with van der Waals surface area (Å²) in [5, 5.41) is 2.70. The highest BCUT2D eigenvalue weighted by Crippen LogP contribution is 2.20. The van der Waals surface area contributed by atoms with E-state index in [4.69, 9.17) is 4.74 Å². The number of carbonyl (C=O) groups is 1. The maximum absolute atomic E-state index is 12.4. The number of ether oxygens (including phenoxy) is 1. The van der Waals surface area contributed by atoms with Gasteiger partial charge < -0.3 is 14.5 Å². The molecule has 0 spiro atoms. The highest BCUT2D eigenvalue weighted by molar-refractivity contribution is 7.09. The highest BCUT2D eigenvalue weighted by atomic mass is 32.1. The van der Waals surface area contributed by atoms with Crippen molar-refractivity contribution >= 4 is 23.1 Å². The zero-order valence-electron chi connectivity index (χ0n) is 13.4. The van der Waals surface area contributed by atoms with Crippen molar-refractivity contribution in [3.05, 3.63) is 28.5 Å². The van der Waals surface area contributed by atoms with Crippen LogP contribution in [-0.4, -0.2) is 59.0 Å². The molecule has 1 amide bonds. The van der Waals surface area contributed by atoms with Crippen LogP contribution in [0.4, 0.5) is 5.82 Å². The smallest absolute Gasteiger partial charge is 0.273 e. The Kier molecular flexibility index (Phi) is 4.42. The summed E-state index contributed by atoms with van der Waals surface area (Å²) in [7, 11) is 3.80. The molecule has 7 nitrogen and oxygen atoms in total. The minimum absolute atomic E-state index is 0.0337. The molecular formula is C15H19N5O2S. The average molecular weight is 333 g/mol. The first-order chi connectivity index (χ1) is 11.0. The van der Waals surface area contributed by atoms with E-state index in [1.54, 1.807) is 22.7 Å². The summed E-state index contributed by atoms with van der Waals surface area (Å²) < 4.78 is 5.88. The van der Waals surface area contributed by atoms with Gasteiger partial charge >= 0.3 is 0 Å². The Labute approximate surface area is 138 Å². The van der Waals surface area contributed by atoms with Crippen molar-refractivity contribution in [1.82, 2.24) is 19.9 Å². The van der Waals surface area contributed by atoms with Crippen LogP contribution in [0, 0.1) is 6.92 Å². The standard InChI is InChI=1S/C15H19N5O2S/c1-10-17-12(9-23-10)15(21)20-5-4-11(8-20)22-14-7-16-6-13(18-14)19(2)3/h6-7,9,11H,4-5,8H2,1-3H3/t11-/m0/s1. The number of thiazole rings is 1. The molecule has 1 aliphatic heterocycles. The molecule has 1 saturated heterocycles. The third-order valence-corrected chi connectivity index (χ3v) is 4.39. The van der Waals surface area contributed by atoms with E-state index in [1.165, 1.54) is 11.3 Å². The van der Waals surface area contributed by atoms with Gasteiger partial charge in [-0.3, -0.25) is 9.78 Å². The van der Waals surface area contributed by atoms with Gasteiger partial charge in [0, 0.05) is 32.4 Å². The maximum atomic E-state index is 12.4. The van der Waals surface area contributed by atoms with Gasteiger partial charge in [0.05, 0.1) is 23.9 Å². The molecule has 122 valence electrons. The average Bonchev–Trinajstić information content (AvgIpc) is 3.16. The largest absolute Gasteiger partial charge is 0.471 e. The van der Waals surface area contributed by atoms with Gasteiger partial charge in [-0.05, 0) is 6.92 Å². The minimum Gasteiger partial charge on any atom is -0.471 e. The van der Waals surface area contributed by atoms with Crippen LogP contribution in [0.2, 0.25) is 0 Å². The molecule has 0 bridgehead atoms. The lowest BCUT2D eigenvalue weighted by Gasteiger charge is -2.17. The quantitative estimate of drug-likeness (QED) is 0.846. The van der Waals surface area contributed by atoms with Crippen molar-refractivity contribution in [1.29, 1.82) is 0 Å². The molecule has 0 aromatic carbocycles.